The summed E-state index contributed by atoms with van der Waals surface area (Å²) in [5.74, 6) is -5.01. The molecule has 1 aromatic heterocycles. The molecule has 0 aliphatic carbocycles. The van der Waals surface area contributed by atoms with Crippen LogP contribution in [0.25, 0.3) is 11.3 Å². The lowest BCUT2D eigenvalue weighted by molar-refractivity contribution is -0.140. The van der Waals surface area contributed by atoms with E-state index in [2.05, 4.69) is 15.6 Å². The van der Waals surface area contributed by atoms with Gasteiger partial charge in [0.05, 0.1) is 63.7 Å². The normalized spacial score (nSPS) is 14.8. The number of rotatable bonds is 13. The van der Waals surface area contributed by atoms with Gasteiger partial charge in [0.1, 0.15) is 42.1 Å². The Morgan fingerprint density at radius 2 is 1.75 bits per heavy atom. The molecule has 2 aliphatic heterocycles. The number of aldehydes is 1. The minimum atomic E-state index is -5.19. The zero-order valence-corrected chi connectivity index (χ0v) is 34.7. The van der Waals surface area contributed by atoms with E-state index < -0.39 is 76.5 Å². The van der Waals surface area contributed by atoms with Gasteiger partial charge in [-0.1, -0.05) is 6.07 Å². The van der Waals surface area contributed by atoms with E-state index in [1.807, 2.05) is 6.07 Å². The quantitative estimate of drug-likeness (QED) is 0.0605. The molecule has 2 N–H and O–H groups in total. The van der Waals surface area contributed by atoms with E-state index in [9.17, 15) is 47.2 Å². The first kappa shape index (κ1) is 45.7. The lowest BCUT2D eigenvalue weighted by Crippen LogP contribution is -2.54. The van der Waals surface area contributed by atoms with E-state index in [1.165, 1.54) is 80.5 Å². The van der Waals surface area contributed by atoms with Gasteiger partial charge in [-0.15, -0.1) is 0 Å². The van der Waals surface area contributed by atoms with Gasteiger partial charge in [-0.05, 0) is 87.1 Å². The standard InChI is InChI=1S/C43H34F4N8O8S/c1-42(2,22-56)55(41(64)53(3)29-11-7-24(18-48)36(37(29)44)43(45,46)47)26-9-10-28(51-20-26)23-8-13-31(25(17-23)19-49)62-16-15-50-34(58)21-63-32-6-4-5-27-35(32)40(61)54(39(27)60)30-12-14-33(57)52-38(30)59/h4-11,13,17,20,22,30H,12,14-16,21H2,1-3H3,(H,50,58)(H,52,57,59). The van der Waals surface area contributed by atoms with Crippen molar-refractivity contribution in [2.24, 2.45) is 0 Å². The van der Waals surface area contributed by atoms with Crippen molar-refractivity contribution >= 4 is 64.5 Å². The molecule has 3 aromatic carbocycles. The Morgan fingerprint density at radius 1 is 1.02 bits per heavy atom. The first-order chi connectivity index (χ1) is 30.3. The van der Waals surface area contributed by atoms with Crippen LogP contribution in [-0.4, -0.2) is 89.2 Å². The predicted octanol–water partition coefficient (Wildman–Crippen LogP) is 4.83. The number of pyridine rings is 1. The summed E-state index contributed by atoms with van der Waals surface area (Å²) < 4.78 is 67.9. The predicted molar refractivity (Wildman–Crippen MR) is 221 cm³/mol. The lowest BCUT2D eigenvalue weighted by Gasteiger charge is -2.39. The number of ether oxygens (including phenoxy) is 2. The Morgan fingerprint density at radius 3 is 2.39 bits per heavy atom. The Labute approximate surface area is 366 Å². The molecule has 64 heavy (non-hydrogen) atoms. The third kappa shape index (κ3) is 9.06. The van der Waals surface area contributed by atoms with Crippen molar-refractivity contribution in [2.75, 3.05) is 36.6 Å². The zero-order chi connectivity index (χ0) is 46.7. The highest BCUT2D eigenvalue weighted by Crippen LogP contribution is 2.39. The molecule has 0 spiro atoms. The fraction of sp³-hybridized carbons (Fsp3) is 0.256. The number of hydrogen-bond acceptors (Lipinski definition) is 12. The molecule has 21 heteroatoms. The van der Waals surface area contributed by atoms with Crippen LogP contribution in [0.4, 0.5) is 28.9 Å². The van der Waals surface area contributed by atoms with E-state index in [0.717, 1.165) is 21.9 Å². The molecule has 4 aromatic rings. The number of nitrogens with one attached hydrogen (secondary N) is 2. The summed E-state index contributed by atoms with van der Waals surface area (Å²) in [5, 5.41) is 23.5. The number of imide groups is 2. The van der Waals surface area contributed by atoms with E-state index >= 15 is 4.39 Å². The number of fused-ring (bicyclic) bond motifs is 1. The average molecular weight is 899 g/mol. The number of halogens is 4. The van der Waals surface area contributed by atoms with Crippen LogP contribution in [0.15, 0.2) is 66.9 Å². The number of thiocarbonyl (C=S) groups is 1. The minimum absolute atomic E-state index is 0.0155. The average Bonchev–Trinajstić information content (AvgIpc) is 3.52. The molecule has 2 aliphatic rings. The largest absolute Gasteiger partial charge is 0.490 e. The number of carbonyl (C=O) groups excluding carboxylic acids is 6. The lowest BCUT2D eigenvalue weighted by atomic mass is 10.0. The third-order valence-electron chi connectivity index (χ3n) is 10.1. The highest BCUT2D eigenvalue weighted by Gasteiger charge is 2.46. The molecule has 0 saturated carbocycles. The molecule has 16 nitrogen and oxygen atoms in total. The highest BCUT2D eigenvalue weighted by atomic mass is 32.1. The van der Waals surface area contributed by atoms with Gasteiger partial charge in [0, 0.05) is 19.0 Å². The van der Waals surface area contributed by atoms with Crippen LogP contribution in [0.2, 0.25) is 0 Å². The van der Waals surface area contributed by atoms with Crippen LogP contribution in [0, 0.1) is 28.5 Å². The fourth-order valence-corrected chi connectivity index (χ4v) is 7.37. The molecule has 1 saturated heterocycles. The van der Waals surface area contributed by atoms with Gasteiger partial charge >= 0.3 is 6.18 Å². The molecule has 328 valence electrons. The van der Waals surface area contributed by atoms with Crippen LogP contribution in [-0.2, 0) is 25.4 Å². The number of aromatic nitrogens is 1. The van der Waals surface area contributed by atoms with Crippen LogP contribution in [0.3, 0.4) is 0 Å². The Hall–Kier alpha value is -7.78. The van der Waals surface area contributed by atoms with Crippen LogP contribution in [0.1, 0.15) is 64.1 Å². The molecule has 1 unspecified atom stereocenters. The van der Waals surface area contributed by atoms with Crippen molar-refractivity contribution in [3.8, 4) is 34.9 Å². The number of nitriles is 2. The van der Waals surface area contributed by atoms with Gasteiger partial charge in [0.15, 0.2) is 17.5 Å². The zero-order valence-electron chi connectivity index (χ0n) is 33.9. The third-order valence-corrected chi connectivity index (χ3v) is 10.6. The second-order valence-electron chi connectivity index (χ2n) is 14.7. The van der Waals surface area contributed by atoms with Gasteiger partial charge in [-0.2, -0.15) is 23.7 Å². The van der Waals surface area contributed by atoms with E-state index in [1.54, 1.807) is 6.07 Å². The number of benzene rings is 3. The minimum Gasteiger partial charge on any atom is -0.490 e. The van der Waals surface area contributed by atoms with Gasteiger partial charge in [-0.25, -0.2) is 4.39 Å². The smallest absolute Gasteiger partial charge is 0.420 e. The highest BCUT2D eigenvalue weighted by molar-refractivity contribution is 7.80. The summed E-state index contributed by atoms with van der Waals surface area (Å²) >= 11 is 5.58. The second-order valence-corrected chi connectivity index (χ2v) is 15.1. The molecule has 5 amide bonds. The summed E-state index contributed by atoms with van der Waals surface area (Å²) in [6.07, 6.45) is -3.39. The summed E-state index contributed by atoms with van der Waals surface area (Å²) in [7, 11) is 1.21. The summed E-state index contributed by atoms with van der Waals surface area (Å²) in [6, 6.07) is 15.9. The van der Waals surface area contributed by atoms with Crippen LogP contribution < -0.4 is 29.9 Å². The SMILES string of the molecule is CN(C(=S)N(c1ccc(-c2ccc(OCCNC(=O)COc3cccc4c3C(=O)N(C3CCC(=O)NC3=O)C4=O)c(C#N)c2)nc1)C(C)(C)C=O)c1ccc(C#N)c(C(F)(F)F)c1F. The number of carbonyl (C=O) groups is 6. The summed E-state index contributed by atoms with van der Waals surface area (Å²) in [6.45, 7) is 2.29. The Bertz CT molecular complexity index is 2700. The van der Waals surface area contributed by atoms with Gasteiger partial charge in [0.25, 0.3) is 17.7 Å². The summed E-state index contributed by atoms with van der Waals surface area (Å²) in [5.41, 5.74) is -3.68. The van der Waals surface area contributed by atoms with E-state index in [0.29, 0.717) is 17.5 Å². The number of amides is 5. The van der Waals surface area contributed by atoms with E-state index in [4.69, 9.17) is 27.0 Å². The number of hydrogen-bond donors (Lipinski definition) is 2. The van der Waals surface area contributed by atoms with E-state index in [-0.39, 0.29) is 65.0 Å². The second kappa shape index (κ2) is 18.3. The van der Waals surface area contributed by atoms with Crippen molar-refractivity contribution in [3.63, 3.8) is 0 Å². The van der Waals surface area contributed by atoms with Gasteiger partial charge < -0.3 is 29.4 Å². The van der Waals surface area contributed by atoms with Crippen molar-refractivity contribution in [1.82, 2.24) is 20.5 Å². The van der Waals surface area contributed by atoms with Crippen LogP contribution >= 0.6 is 12.2 Å². The molecular weight excluding hydrogens is 865 g/mol. The number of nitrogens with zero attached hydrogens (tertiary/aromatic N) is 6. The molecule has 1 atom stereocenters. The Kier molecular flexibility index (Phi) is 13.1. The first-order valence-electron chi connectivity index (χ1n) is 19.0. The van der Waals surface area contributed by atoms with Crippen molar-refractivity contribution in [3.05, 3.63) is 100 Å². The molecule has 3 heterocycles. The molecule has 0 radical (unpaired) electrons. The maximum Gasteiger partial charge on any atom is 0.420 e. The number of alkyl halides is 3. The topological polar surface area (TPSA) is 215 Å². The summed E-state index contributed by atoms with van der Waals surface area (Å²) in [4.78, 5) is 82.7. The molecule has 1 fully saturated rings. The maximum atomic E-state index is 15.4. The molecular formula is C43H34F4N8O8S. The number of anilines is 2. The Balaban J connectivity index is 1.07. The van der Waals surface area contributed by atoms with Gasteiger partial charge in [0.2, 0.25) is 11.8 Å². The monoisotopic (exact) mass is 898 g/mol. The molecule has 6 rings (SSSR count). The first-order valence-corrected chi connectivity index (χ1v) is 19.4. The maximum absolute atomic E-state index is 15.4. The van der Waals surface area contributed by atoms with Crippen LogP contribution in [0.5, 0.6) is 11.5 Å². The molecule has 0 bridgehead atoms. The van der Waals surface area contributed by atoms with Gasteiger partial charge in [-0.3, -0.25) is 39.2 Å². The van der Waals surface area contributed by atoms with Crippen molar-refractivity contribution in [2.45, 2.75) is 44.4 Å². The fourth-order valence-electron chi connectivity index (χ4n) is 6.93. The number of piperidine rings is 1. The van der Waals surface area contributed by atoms with Crippen molar-refractivity contribution in [1.29, 1.82) is 10.5 Å². The van der Waals surface area contributed by atoms with Crippen molar-refractivity contribution < 1.29 is 55.8 Å².